The molecule has 5 heteroatoms. The Morgan fingerprint density at radius 1 is 1.48 bits per heavy atom. The molecule has 2 heterocycles. The maximum absolute atomic E-state index is 12.9. The predicted molar refractivity (Wildman–Crippen MR) is 89.5 cm³/mol. The molecular formula is C18H25N3O2. The quantitative estimate of drug-likeness (QED) is 0.849. The number of carbonyl (C=O) groups is 2. The van der Waals surface area contributed by atoms with Gasteiger partial charge in [0.15, 0.2) is 0 Å². The third kappa shape index (κ3) is 3.44. The SMILES string of the molecule is C=CC(=O)N1CCC[C@]1(C)C(=O)NC(c1cccnc1)C(C)C. The predicted octanol–water partition coefficient (Wildman–Crippen LogP) is 2.46. The summed E-state index contributed by atoms with van der Waals surface area (Å²) in [7, 11) is 0. The number of aromatic nitrogens is 1. The van der Waals surface area contributed by atoms with Gasteiger partial charge in [-0.15, -0.1) is 0 Å². The Morgan fingerprint density at radius 2 is 2.22 bits per heavy atom. The molecule has 1 fully saturated rings. The van der Waals surface area contributed by atoms with Crippen LogP contribution in [0.4, 0.5) is 0 Å². The molecule has 1 aromatic heterocycles. The van der Waals surface area contributed by atoms with Crippen molar-refractivity contribution in [2.24, 2.45) is 5.92 Å². The van der Waals surface area contributed by atoms with Crippen LogP contribution in [0.5, 0.6) is 0 Å². The van der Waals surface area contributed by atoms with E-state index in [2.05, 4.69) is 30.7 Å². The molecule has 0 aliphatic carbocycles. The molecule has 1 saturated heterocycles. The zero-order chi connectivity index (χ0) is 17.0. The van der Waals surface area contributed by atoms with Crippen LogP contribution in [-0.4, -0.2) is 33.8 Å². The molecule has 0 spiro atoms. The van der Waals surface area contributed by atoms with Crippen molar-refractivity contribution in [2.75, 3.05) is 6.54 Å². The fourth-order valence-electron chi connectivity index (χ4n) is 3.15. The van der Waals surface area contributed by atoms with E-state index in [0.29, 0.717) is 13.0 Å². The monoisotopic (exact) mass is 315 g/mol. The summed E-state index contributed by atoms with van der Waals surface area (Å²) in [6.45, 7) is 10.1. The van der Waals surface area contributed by atoms with Crippen LogP contribution in [0, 0.1) is 5.92 Å². The largest absolute Gasteiger partial charge is 0.347 e. The van der Waals surface area contributed by atoms with Crippen LogP contribution in [0.15, 0.2) is 37.2 Å². The number of hydrogen-bond donors (Lipinski definition) is 1. The summed E-state index contributed by atoms with van der Waals surface area (Å²) < 4.78 is 0. The van der Waals surface area contributed by atoms with Crippen LogP contribution in [0.3, 0.4) is 0 Å². The fraction of sp³-hybridized carbons (Fsp3) is 0.500. The van der Waals surface area contributed by atoms with Gasteiger partial charge < -0.3 is 10.2 Å². The number of hydrogen-bond acceptors (Lipinski definition) is 3. The van der Waals surface area contributed by atoms with Crippen LogP contribution in [0.2, 0.25) is 0 Å². The van der Waals surface area contributed by atoms with Crippen LogP contribution < -0.4 is 5.32 Å². The number of likely N-dealkylation sites (tertiary alicyclic amines) is 1. The first-order valence-electron chi connectivity index (χ1n) is 8.05. The highest BCUT2D eigenvalue weighted by molar-refractivity contribution is 5.95. The molecule has 1 N–H and O–H groups in total. The van der Waals surface area contributed by atoms with Crippen molar-refractivity contribution in [3.63, 3.8) is 0 Å². The van der Waals surface area contributed by atoms with Gasteiger partial charge in [0, 0.05) is 18.9 Å². The molecule has 2 atom stereocenters. The molecule has 2 rings (SSSR count). The van der Waals surface area contributed by atoms with Gasteiger partial charge in [-0.05, 0) is 43.4 Å². The second-order valence-electron chi connectivity index (χ2n) is 6.55. The first-order valence-corrected chi connectivity index (χ1v) is 8.05. The highest BCUT2D eigenvalue weighted by Crippen LogP contribution is 2.31. The molecule has 1 aliphatic rings. The van der Waals surface area contributed by atoms with Gasteiger partial charge in [-0.25, -0.2) is 0 Å². The van der Waals surface area contributed by atoms with Gasteiger partial charge in [0.2, 0.25) is 11.8 Å². The van der Waals surface area contributed by atoms with Crippen LogP contribution in [-0.2, 0) is 9.59 Å². The molecule has 0 aromatic carbocycles. The summed E-state index contributed by atoms with van der Waals surface area (Å²) in [6.07, 6.45) is 6.25. The van der Waals surface area contributed by atoms with Crippen LogP contribution >= 0.6 is 0 Å². The molecule has 0 saturated carbocycles. The van der Waals surface area contributed by atoms with E-state index in [9.17, 15) is 9.59 Å². The second-order valence-corrected chi connectivity index (χ2v) is 6.55. The van der Waals surface area contributed by atoms with E-state index in [0.717, 1.165) is 12.0 Å². The van der Waals surface area contributed by atoms with E-state index in [-0.39, 0.29) is 23.8 Å². The number of amides is 2. The van der Waals surface area contributed by atoms with Crippen molar-refractivity contribution in [1.82, 2.24) is 15.2 Å². The average molecular weight is 315 g/mol. The normalized spacial score (nSPS) is 22.0. The zero-order valence-corrected chi connectivity index (χ0v) is 14.1. The Balaban J connectivity index is 2.21. The van der Waals surface area contributed by atoms with E-state index >= 15 is 0 Å². The fourth-order valence-corrected chi connectivity index (χ4v) is 3.15. The van der Waals surface area contributed by atoms with Gasteiger partial charge in [0.1, 0.15) is 5.54 Å². The van der Waals surface area contributed by atoms with Gasteiger partial charge in [0.05, 0.1) is 6.04 Å². The standard InChI is InChI=1S/C18H25N3O2/c1-5-15(22)21-11-7-9-18(21,4)17(23)20-16(13(2)3)14-8-6-10-19-12-14/h5-6,8,10,12-13,16H,1,7,9,11H2,2-4H3,(H,20,23)/t16?,18-/m1/s1. The van der Waals surface area contributed by atoms with Crippen molar-refractivity contribution >= 4 is 11.8 Å². The highest BCUT2D eigenvalue weighted by Gasteiger charge is 2.45. The Bertz CT molecular complexity index is 585. The second kappa shape index (κ2) is 6.94. The molecule has 1 unspecified atom stereocenters. The number of nitrogens with zero attached hydrogens (tertiary/aromatic N) is 2. The first kappa shape index (κ1) is 17.2. The number of nitrogens with one attached hydrogen (secondary N) is 1. The summed E-state index contributed by atoms with van der Waals surface area (Å²) in [5.74, 6) is -0.0907. The Labute approximate surface area is 137 Å². The molecular weight excluding hydrogens is 290 g/mol. The van der Waals surface area contributed by atoms with Gasteiger partial charge in [-0.3, -0.25) is 14.6 Å². The number of pyridine rings is 1. The molecule has 1 aliphatic heterocycles. The van der Waals surface area contributed by atoms with Crippen molar-refractivity contribution in [1.29, 1.82) is 0 Å². The minimum atomic E-state index is -0.819. The summed E-state index contributed by atoms with van der Waals surface area (Å²) in [6, 6.07) is 3.69. The number of carbonyl (C=O) groups excluding carboxylic acids is 2. The third-order valence-corrected chi connectivity index (χ3v) is 4.57. The van der Waals surface area contributed by atoms with Gasteiger partial charge in [-0.1, -0.05) is 26.5 Å². The summed E-state index contributed by atoms with van der Waals surface area (Å²) >= 11 is 0. The average Bonchev–Trinajstić information content (AvgIpc) is 2.95. The highest BCUT2D eigenvalue weighted by atomic mass is 16.2. The Morgan fingerprint density at radius 3 is 2.78 bits per heavy atom. The lowest BCUT2D eigenvalue weighted by Gasteiger charge is -2.35. The summed E-state index contributed by atoms with van der Waals surface area (Å²) in [4.78, 5) is 30.7. The lowest BCUT2D eigenvalue weighted by Crippen LogP contribution is -2.56. The minimum Gasteiger partial charge on any atom is -0.347 e. The van der Waals surface area contributed by atoms with E-state index in [1.54, 1.807) is 17.3 Å². The molecule has 1 aromatic rings. The molecule has 124 valence electrons. The molecule has 2 amide bonds. The summed E-state index contributed by atoms with van der Waals surface area (Å²) in [5, 5.41) is 3.12. The Hall–Kier alpha value is -2.17. The molecule has 0 radical (unpaired) electrons. The Kier molecular flexibility index (Phi) is 5.19. The van der Waals surface area contributed by atoms with Crippen LogP contribution in [0.1, 0.15) is 45.2 Å². The molecule has 23 heavy (non-hydrogen) atoms. The maximum Gasteiger partial charge on any atom is 0.246 e. The first-order chi connectivity index (χ1) is 10.9. The van der Waals surface area contributed by atoms with E-state index in [1.807, 2.05) is 19.1 Å². The maximum atomic E-state index is 12.9. The van der Waals surface area contributed by atoms with E-state index in [1.165, 1.54) is 6.08 Å². The minimum absolute atomic E-state index is 0.118. The summed E-state index contributed by atoms with van der Waals surface area (Å²) in [5.41, 5.74) is 0.153. The van der Waals surface area contributed by atoms with E-state index in [4.69, 9.17) is 0 Å². The van der Waals surface area contributed by atoms with Gasteiger partial charge >= 0.3 is 0 Å². The molecule has 0 bridgehead atoms. The van der Waals surface area contributed by atoms with Crippen molar-refractivity contribution in [2.45, 2.75) is 45.2 Å². The van der Waals surface area contributed by atoms with Gasteiger partial charge in [-0.2, -0.15) is 0 Å². The lowest BCUT2D eigenvalue weighted by molar-refractivity contribution is -0.141. The van der Waals surface area contributed by atoms with Crippen molar-refractivity contribution in [3.8, 4) is 0 Å². The zero-order valence-electron chi connectivity index (χ0n) is 14.1. The van der Waals surface area contributed by atoms with Gasteiger partial charge in [0.25, 0.3) is 0 Å². The van der Waals surface area contributed by atoms with Crippen molar-refractivity contribution in [3.05, 3.63) is 42.7 Å². The van der Waals surface area contributed by atoms with E-state index < -0.39 is 5.54 Å². The topological polar surface area (TPSA) is 62.3 Å². The van der Waals surface area contributed by atoms with Crippen molar-refractivity contribution < 1.29 is 9.59 Å². The smallest absolute Gasteiger partial charge is 0.246 e. The lowest BCUT2D eigenvalue weighted by atomic mass is 9.93. The number of rotatable bonds is 5. The molecule has 5 nitrogen and oxygen atoms in total. The third-order valence-electron chi connectivity index (χ3n) is 4.57. The van der Waals surface area contributed by atoms with Crippen LogP contribution in [0.25, 0.3) is 0 Å².